The fraction of sp³-hybridized carbons (Fsp3) is 0.684. The van der Waals surface area contributed by atoms with E-state index in [0.29, 0.717) is 12.5 Å². The highest BCUT2D eigenvalue weighted by Gasteiger charge is 2.24. The molecule has 0 saturated carbocycles. The van der Waals surface area contributed by atoms with Gasteiger partial charge in [0.05, 0.1) is 11.9 Å². The van der Waals surface area contributed by atoms with E-state index < -0.39 is 0 Å². The molecule has 0 amide bonds. The van der Waals surface area contributed by atoms with Crippen molar-refractivity contribution in [2.75, 3.05) is 34.7 Å². The second kappa shape index (κ2) is 7.56. The first-order chi connectivity index (χ1) is 11.9. The summed E-state index contributed by atoms with van der Waals surface area (Å²) in [4.78, 5) is 24.8. The van der Waals surface area contributed by atoms with Crippen LogP contribution in [0, 0.1) is 5.92 Å². The first kappa shape index (κ1) is 18.5. The zero-order valence-electron chi connectivity index (χ0n) is 16.1. The summed E-state index contributed by atoms with van der Waals surface area (Å²) in [7, 11) is 8.20. The Balaban J connectivity index is 2.07. The molecule has 5 nitrogen and oxygen atoms in total. The summed E-state index contributed by atoms with van der Waals surface area (Å²) in [5, 5.41) is 0.902. The van der Waals surface area contributed by atoms with Crippen LogP contribution in [0.4, 0.5) is 0 Å². The zero-order chi connectivity index (χ0) is 18.1. The summed E-state index contributed by atoms with van der Waals surface area (Å²) in [6.45, 7) is 4.72. The van der Waals surface area contributed by atoms with Crippen molar-refractivity contribution in [2.24, 2.45) is 5.92 Å². The average molecular weight is 363 g/mol. The van der Waals surface area contributed by atoms with Crippen molar-refractivity contribution in [3.05, 3.63) is 26.6 Å². The van der Waals surface area contributed by atoms with Crippen molar-refractivity contribution >= 4 is 21.6 Å². The molecule has 2 heterocycles. The number of thiophene rings is 1. The molecule has 0 aliphatic heterocycles. The van der Waals surface area contributed by atoms with Crippen LogP contribution in [0.5, 0.6) is 0 Å². The van der Waals surface area contributed by atoms with Gasteiger partial charge in [-0.1, -0.05) is 6.92 Å². The standard InChI is InChI=1S/C19H30N4OS/c1-13-7-8-14-15(11-13)25-18-17(14)19(24)23(10-6-9-21(2)3)16(20-18)12-22(4)5/h13H,6-12H2,1-5H3. The first-order valence-electron chi connectivity index (χ1n) is 9.20. The topological polar surface area (TPSA) is 41.4 Å². The molecule has 25 heavy (non-hydrogen) atoms. The van der Waals surface area contributed by atoms with Gasteiger partial charge >= 0.3 is 0 Å². The molecule has 0 saturated heterocycles. The van der Waals surface area contributed by atoms with E-state index in [1.54, 1.807) is 11.3 Å². The van der Waals surface area contributed by atoms with E-state index in [4.69, 9.17) is 4.98 Å². The Morgan fingerprint density at radius 3 is 2.68 bits per heavy atom. The number of hydrogen-bond acceptors (Lipinski definition) is 5. The van der Waals surface area contributed by atoms with Crippen LogP contribution < -0.4 is 5.56 Å². The minimum Gasteiger partial charge on any atom is -0.309 e. The SMILES string of the molecule is CC1CCc2c(sc3nc(CN(C)C)n(CCCN(C)C)c(=O)c23)C1. The van der Waals surface area contributed by atoms with Crippen LogP contribution in [0.1, 0.15) is 36.0 Å². The van der Waals surface area contributed by atoms with E-state index in [-0.39, 0.29) is 5.56 Å². The van der Waals surface area contributed by atoms with Crippen LogP contribution in [-0.4, -0.2) is 54.1 Å². The van der Waals surface area contributed by atoms with Gasteiger partial charge in [-0.05, 0) is 71.9 Å². The van der Waals surface area contributed by atoms with Crippen LogP contribution in [0.15, 0.2) is 4.79 Å². The Kier molecular flexibility index (Phi) is 5.61. The normalized spacial score (nSPS) is 17.6. The van der Waals surface area contributed by atoms with Gasteiger partial charge in [0.1, 0.15) is 10.7 Å². The third-order valence-electron chi connectivity index (χ3n) is 4.94. The van der Waals surface area contributed by atoms with E-state index in [1.807, 2.05) is 18.7 Å². The minimum atomic E-state index is 0.174. The van der Waals surface area contributed by atoms with Gasteiger partial charge in [0, 0.05) is 11.4 Å². The first-order valence-corrected chi connectivity index (χ1v) is 10.0. The number of rotatable bonds is 6. The highest BCUT2D eigenvalue weighted by Crippen LogP contribution is 2.35. The van der Waals surface area contributed by atoms with Crippen LogP contribution in [0.25, 0.3) is 10.2 Å². The molecule has 138 valence electrons. The molecule has 0 fully saturated rings. The molecule has 3 rings (SSSR count). The van der Waals surface area contributed by atoms with Crippen molar-refractivity contribution in [2.45, 2.75) is 45.7 Å². The van der Waals surface area contributed by atoms with Gasteiger partial charge in [0.15, 0.2) is 0 Å². The highest BCUT2D eigenvalue weighted by molar-refractivity contribution is 7.18. The number of aryl methyl sites for hydroxylation is 1. The molecule has 0 spiro atoms. The smallest absolute Gasteiger partial charge is 0.262 e. The van der Waals surface area contributed by atoms with E-state index in [2.05, 4.69) is 30.8 Å². The lowest BCUT2D eigenvalue weighted by Crippen LogP contribution is -2.29. The summed E-state index contributed by atoms with van der Waals surface area (Å²) in [6.07, 6.45) is 4.26. The molecule has 2 aromatic heterocycles. The van der Waals surface area contributed by atoms with Crippen molar-refractivity contribution in [3.8, 4) is 0 Å². The minimum absolute atomic E-state index is 0.174. The fourth-order valence-electron chi connectivity index (χ4n) is 3.64. The monoisotopic (exact) mass is 362 g/mol. The average Bonchev–Trinajstić information content (AvgIpc) is 2.86. The molecule has 0 bridgehead atoms. The summed E-state index contributed by atoms with van der Waals surface area (Å²) >= 11 is 1.75. The quantitative estimate of drug-likeness (QED) is 0.792. The maximum Gasteiger partial charge on any atom is 0.262 e. The van der Waals surface area contributed by atoms with Gasteiger partial charge in [-0.25, -0.2) is 4.98 Å². The maximum absolute atomic E-state index is 13.3. The molecule has 1 atom stereocenters. The van der Waals surface area contributed by atoms with Gasteiger partial charge in [0.25, 0.3) is 5.56 Å². The second-order valence-electron chi connectivity index (χ2n) is 7.91. The summed E-state index contributed by atoms with van der Waals surface area (Å²) in [5.41, 5.74) is 1.46. The molecule has 1 unspecified atom stereocenters. The molecular formula is C19H30N4OS. The Labute approximate surface area is 154 Å². The fourth-order valence-corrected chi connectivity index (χ4v) is 5.04. The predicted octanol–water partition coefficient (Wildman–Crippen LogP) is 2.60. The zero-order valence-corrected chi connectivity index (χ0v) is 16.9. The lowest BCUT2D eigenvalue weighted by atomic mass is 9.89. The van der Waals surface area contributed by atoms with E-state index >= 15 is 0 Å². The van der Waals surface area contributed by atoms with Gasteiger partial charge < -0.3 is 9.80 Å². The maximum atomic E-state index is 13.3. The van der Waals surface area contributed by atoms with Crippen molar-refractivity contribution in [1.29, 1.82) is 0 Å². The van der Waals surface area contributed by atoms with Crippen molar-refractivity contribution in [3.63, 3.8) is 0 Å². The van der Waals surface area contributed by atoms with E-state index in [9.17, 15) is 4.79 Å². The third-order valence-corrected chi connectivity index (χ3v) is 6.09. The van der Waals surface area contributed by atoms with Gasteiger partial charge in [-0.2, -0.15) is 0 Å². The van der Waals surface area contributed by atoms with Crippen molar-refractivity contribution < 1.29 is 0 Å². The lowest BCUT2D eigenvalue weighted by molar-refractivity contribution is 0.359. The summed E-state index contributed by atoms with van der Waals surface area (Å²) < 4.78 is 1.93. The van der Waals surface area contributed by atoms with Crippen LogP contribution in [-0.2, 0) is 25.9 Å². The molecule has 2 aromatic rings. The number of fused-ring (bicyclic) bond motifs is 3. The van der Waals surface area contributed by atoms with E-state index in [1.165, 1.54) is 16.9 Å². The highest BCUT2D eigenvalue weighted by atomic mass is 32.1. The number of nitrogens with zero attached hydrogens (tertiary/aromatic N) is 4. The number of hydrogen-bond donors (Lipinski definition) is 0. The molecule has 6 heteroatoms. The lowest BCUT2D eigenvalue weighted by Gasteiger charge is -2.18. The van der Waals surface area contributed by atoms with Crippen LogP contribution >= 0.6 is 11.3 Å². The Morgan fingerprint density at radius 2 is 2.00 bits per heavy atom. The van der Waals surface area contributed by atoms with Gasteiger partial charge in [0.2, 0.25) is 0 Å². The van der Waals surface area contributed by atoms with E-state index in [0.717, 1.165) is 48.4 Å². The molecule has 0 radical (unpaired) electrons. The summed E-state index contributed by atoms with van der Waals surface area (Å²) in [6, 6.07) is 0. The Bertz CT molecular complexity index is 806. The number of aromatic nitrogens is 2. The molecule has 1 aliphatic rings. The molecule has 0 aromatic carbocycles. The Hall–Kier alpha value is -1.24. The summed E-state index contributed by atoms with van der Waals surface area (Å²) in [5.74, 6) is 1.61. The van der Waals surface area contributed by atoms with Crippen LogP contribution in [0.2, 0.25) is 0 Å². The third kappa shape index (κ3) is 3.96. The van der Waals surface area contributed by atoms with Crippen molar-refractivity contribution in [1.82, 2.24) is 19.4 Å². The molecule has 1 aliphatic carbocycles. The largest absolute Gasteiger partial charge is 0.309 e. The molecule has 0 N–H and O–H groups in total. The Morgan fingerprint density at radius 1 is 1.24 bits per heavy atom. The molecular weight excluding hydrogens is 332 g/mol. The van der Waals surface area contributed by atoms with Gasteiger partial charge in [-0.15, -0.1) is 11.3 Å². The van der Waals surface area contributed by atoms with Crippen LogP contribution in [0.3, 0.4) is 0 Å². The predicted molar refractivity (Wildman–Crippen MR) is 106 cm³/mol. The second-order valence-corrected chi connectivity index (χ2v) is 8.99. The van der Waals surface area contributed by atoms with Gasteiger partial charge in [-0.3, -0.25) is 9.36 Å².